The Morgan fingerprint density at radius 2 is 2.53 bits per heavy atom. The standard InChI is InChI=1S/C12H20N4O/c1-9-7-14-15-12(9)10-3-2-6-16(8-10)11(17)4-5-13/h7,10H,2-6,8,13H2,1H3,(H,14,15). The van der Waals surface area contributed by atoms with Gasteiger partial charge in [-0.25, -0.2) is 0 Å². The molecular weight excluding hydrogens is 216 g/mol. The van der Waals surface area contributed by atoms with Crippen LogP contribution in [0.5, 0.6) is 0 Å². The minimum atomic E-state index is 0.175. The number of piperidine rings is 1. The van der Waals surface area contributed by atoms with Crippen molar-refractivity contribution in [3.63, 3.8) is 0 Å². The number of nitrogens with zero attached hydrogens (tertiary/aromatic N) is 2. The summed E-state index contributed by atoms with van der Waals surface area (Å²) in [5, 5.41) is 7.11. The zero-order chi connectivity index (χ0) is 12.3. The summed E-state index contributed by atoms with van der Waals surface area (Å²) < 4.78 is 0. The third-order valence-electron chi connectivity index (χ3n) is 3.41. The Labute approximate surface area is 101 Å². The SMILES string of the molecule is Cc1cn[nH]c1C1CCCN(C(=O)CCN)C1. The second kappa shape index (κ2) is 5.31. The predicted octanol–water partition coefficient (Wildman–Crippen LogP) is 0.773. The van der Waals surface area contributed by atoms with Gasteiger partial charge in [-0.15, -0.1) is 0 Å². The van der Waals surface area contributed by atoms with E-state index >= 15 is 0 Å². The van der Waals surface area contributed by atoms with Crippen LogP contribution in [0.15, 0.2) is 6.20 Å². The lowest BCUT2D eigenvalue weighted by atomic mass is 9.93. The second-order valence-corrected chi connectivity index (χ2v) is 4.68. The number of likely N-dealkylation sites (tertiary alicyclic amines) is 1. The number of rotatable bonds is 3. The van der Waals surface area contributed by atoms with E-state index in [1.165, 1.54) is 11.3 Å². The molecule has 2 heterocycles. The first-order valence-corrected chi connectivity index (χ1v) is 6.20. The summed E-state index contributed by atoms with van der Waals surface area (Å²) in [6, 6.07) is 0. The predicted molar refractivity (Wildman–Crippen MR) is 65.6 cm³/mol. The van der Waals surface area contributed by atoms with E-state index in [0.717, 1.165) is 25.9 Å². The molecule has 2 rings (SSSR count). The lowest BCUT2D eigenvalue weighted by molar-refractivity contribution is -0.132. The Bertz CT molecular complexity index is 388. The van der Waals surface area contributed by atoms with Crippen LogP contribution in [0.25, 0.3) is 0 Å². The van der Waals surface area contributed by atoms with Crippen molar-refractivity contribution in [2.45, 2.75) is 32.1 Å². The van der Waals surface area contributed by atoms with E-state index in [-0.39, 0.29) is 5.91 Å². The summed E-state index contributed by atoms with van der Waals surface area (Å²) in [4.78, 5) is 13.8. The van der Waals surface area contributed by atoms with Gasteiger partial charge in [-0.3, -0.25) is 9.89 Å². The van der Waals surface area contributed by atoms with Gasteiger partial charge in [0.25, 0.3) is 0 Å². The molecule has 5 nitrogen and oxygen atoms in total. The van der Waals surface area contributed by atoms with Gasteiger partial charge in [0.1, 0.15) is 0 Å². The van der Waals surface area contributed by atoms with Crippen molar-refractivity contribution < 1.29 is 4.79 Å². The lowest BCUT2D eigenvalue weighted by Gasteiger charge is -2.32. The molecule has 0 saturated carbocycles. The van der Waals surface area contributed by atoms with E-state index in [9.17, 15) is 4.79 Å². The van der Waals surface area contributed by atoms with Crippen LogP contribution in [0.4, 0.5) is 0 Å². The number of aryl methyl sites for hydroxylation is 1. The van der Waals surface area contributed by atoms with Gasteiger partial charge in [-0.1, -0.05) is 0 Å². The zero-order valence-corrected chi connectivity index (χ0v) is 10.3. The van der Waals surface area contributed by atoms with Gasteiger partial charge in [-0.05, 0) is 25.3 Å². The van der Waals surface area contributed by atoms with Crippen LogP contribution in [0.3, 0.4) is 0 Å². The van der Waals surface area contributed by atoms with Gasteiger partial charge in [0.15, 0.2) is 0 Å². The fourth-order valence-corrected chi connectivity index (χ4v) is 2.49. The number of hydrogen-bond donors (Lipinski definition) is 2. The summed E-state index contributed by atoms with van der Waals surface area (Å²) in [5.74, 6) is 0.572. The van der Waals surface area contributed by atoms with E-state index in [1.54, 1.807) is 0 Å². The number of carbonyl (C=O) groups is 1. The van der Waals surface area contributed by atoms with Crippen molar-refractivity contribution in [1.82, 2.24) is 15.1 Å². The first-order valence-electron chi connectivity index (χ1n) is 6.20. The van der Waals surface area contributed by atoms with Crippen LogP contribution in [-0.4, -0.2) is 40.6 Å². The van der Waals surface area contributed by atoms with Gasteiger partial charge in [0, 0.05) is 37.7 Å². The van der Waals surface area contributed by atoms with Crippen molar-refractivity contribution in [1.29, 1.82) is 0 Å². The largest absolute Gasteiger partial charge is 0.342 e. The molecule has 1 aliphatic rings. The summed E-state index contributed by atoms with van der Waals surface area (Å²) in [6.07, 6.45) is 4.47. The summed E-state index contributed by atoms with van der Waals surface area (Å²) in [5.41, 5.74) is 7.79. The third-order valence-corrected chi connectivity index (χ3v) is 3.41. The van der Waals surface area contributed by atoms with Gasteiger partial charge in [-0.2, -0.15) is 5.10 Å². The molecule has 0 aliphatic carbocycles. The highest BCUT2D eigenvalue weighted by Crippen LogP contribution is 2.27. The van der Waals surface area contributed by atoms with E-state index in [1.807, 2.05) is 11.1 Å². The number of aromatic nitrogens is 2. The smallest absolute Gasteiger partial charge is 0.223 e. The molecule has 1 aliphatic heterocycles. The number of nitrogens with two attached hydrogens (primary N) is 1. The van der Waals surface area contributed by atoms with Crippen molar-refractivity contribution in [2.75, 3.05) is 19.6 Å². The Morgan fingerprint density at radius 1 is 1.71 bits per heavy atom. The Morgan fingerprint density at radius 3 is 3.18 bits per heavy atom. The van der Waals surface area contributed by atoms with Gasteiger partial charge >= 0.3 is 0 Å². The number of carbonyl (C=O) groups excluding carboxylic acids is 1. The maximum absolute atomic E-state index is 11.8. The molecule has 1 unspecified atom stereocenters. The molecule has 0 aromatic carbocycles. The highest BCUT2D eigenvalue weighted by molar-refractivity contribution is 5.76. The molecule has 94 valence electrons. The van der Waals surface area contributed by atoms with Crippen LogP contribution in [0, 0.1) is 6.92 Å². The minimum Gasteiger partial charge on any atom is -0.342 e. The second-order valence-electron chi connectivity index (χ2n) is 4.68. The van der Waals surface area contributed by atoms with Gasteiger partial charge in [0.05, 0.1) is 6.20 Å². The Hall–Kier alpha value is -1.36. The average molecular weight is 236 g/mol. The van der Waals surface area contributed by atoms with Crippen molar-refractivity contribution in [2.24, 2.45) is 5.73 Å². The van der Waals surface area contributed by atoms with E-state index in [4.69, 9.17) is 5.73 Å². The number of amides is 1. The minimum absolute atomic E-state index is 0.175. The molecule has 0 bridgehead atoms. The van der Waals surface area contributed by atoms with Crippen LogP contribution in [-0.2, 0) is 4.79 Å². The van der Waals surface area contributed by atoms with Crippen LogP contribution in [0.1, 0.15) is 36.4 Å². The molecule has 1 aromatic rings. The van der Waals surface area contributed by atoms with Crippen molar-refractivity contribution >= 4 is 5.91 Å². The van der Waals surface area contributed by atoms with Crippen LogP contribution < -0.4 is 5.73 Å². The molecule has 1 fully saturated rings. The molecule has 17 heavy (non-hydrogen) atoms. The van der Waals surface area contributed by atoms with Gasteiger partial charge < -0.3 is 10.6 Å². The van der Waals surface area contributed by atoms with Crippen molar-refractivity contribution in [3.05, 3.63) is 17.5 Å². The normalized spacial score (nSPS) is 20.6. The highest BCUT2D eigenvalue weighted by atomic mass is 16.2. The topological polar surface area (TPSA) is 75.0 Å². The fourth-order valence-electron chi connectivity index (χ4n) is 2.49. The molecule has 1 saturated heterocycles. The molecule has 5 heteroatoms. The Balaban J connectivity index is 2.02. The number of hydrogen-bond acceptors (Lipinski definition) is 3. The summed E-state index contributed by atoms with van der Waals surface area (Å²) in [7, 11) is 0. The first-order chi connectivity index (χ1) is 8.22. The van der Waals surface area contributed by atoms with E-state index in [0.29, 0.717) is 18.9 Å². The first kappa shape index (κ1) is 12.1. The number of nitrogens with one attached hydrogen (secondary N) is 1. The third kappa shape index (κ3) is 2.66. The highest BCUT2D eigenvalue weighted by Gasteiger charge is 2.25. The molecule has 0 spiro atoms. The summed E-state index contributed by atoms with van der Waals surface area (Å²) in [6.45, 7) is 4.15. The number of H-pyrrole nitrogens is 1. The van der Waals surface area contributed by atoms with Crippen LogP contribution in [0.2, 0.25) is 0 Å². The molecule has 3 N–H and O–H groups in total. The zero-order valence-electron chi connectivity index (χ0n) is 10.3. The maximum Gasteiger partial charge on any atom is 0.223 e. The molecule has 0 radical (unpaired) electrons. The van der Waals surface area contributed by atoms with E-state index in [2.05, 4.69) is 17.1 Å². The molecule has 1 aromatic heterocycles. The van der Waals surface area contributed by atoms with E-state index < -0.39 is 0 Å². The lowest BCUT2D eigenvalue weighted by Crippen LogP contribution is -2.40. The Kier molecular flexibility index (Phi) is 3.78. The molecule has 1 atom stereocenters. The number of aromatic amines is 1. The quantitative estimate of drug-likeness (QED) is 0.814. The van der Waals surface area contributed by atoms with Gasteiger partial charge in [0.2, 0.25) is 5.91 Å². The molecule has 1 amide bonds. The fraction of sp³-hybridized carbons (Fsp3) is 0.667. The molecular formula is C12H20N4O. The monoisotopic (exact) mass is 236 g/mol. The summed E-state index contributed by atoms with van der Waals surface area (Å²) >= 11 is 0. The van der Waals surface area contributed by atoms with Crippen LogP contribution >= 0.6 is 0 Å². The van der Waals surface area contributed by atoms with Crippen molar-refractivity contribution in [3.8, 4) is 0 Å². The maximum atomic E-state index is 11.8. The average Bonchev–Trinajstić information content (AvgIpc) is 2.76.